The molecule has 0 bridgehead atoms. The van der Waals surface area contributed by atoms with E-state index in [1.54, 1.807) is 42.5 Å². The molecule has 0 spiro atoms. The number of carbonyl (C=O) groups excluding carboxylic acids is 4. The molecule has 5 rings (SSSR count). The second kappa shape index (κ2) is 21.0. The van der Waals surface area contributed by atoms with Crippen LogP contribution in [0.2, 0.25) is 0 Å². The van der Waals surface area contributed by atoms with E-state index in [4.69, 9.17) is 28.7 Å². The van der Waals surface area contributed by atoms with Crippen LogP contribution in [0.1, 0.15) is 84.2 Å². The molecule has 1 aliphatic carbocycles. The maximum atomic E-state index is 14.7. The lowest BCUT2D eigenvalue weighted by atomic mass is 9.78. The molecule has 3 N–H and O–H groups in total. The molecular weight excluding hydrogens is 786 g/mol. The summed E-state index contributed by atoms with van der Waals surface area (Å²) < 4.78 is 46.9. The average Bonchev–Trinajstić information content (AvgIpc) is 3.73. The van der Waals surface area contributed by atoms with Crippen molar-refractivity contribution in [3.05, 3.63) is 137 Å². The van der Waals surface area contributed by atoms with Crippen LogP contribution in [0.25, 0.3) is 12.2 Å². The summed E-state index contributed by atoms with van der Waals surface area (Å²) in [5.41, 5.74) is -0.304. The molecule has 0 radical (unpaired) electrons. The molecule has 4 aromatic carbocycles. The van der Waals surface area contributed by atoms with Gasteiger partial charge in [-0.3, -0.25) is 18.9 Å². The number of ether oxygens (including phenoxy) is 4. The summed E-state index contributed by atoms with van der Waals surface area (Å²) >= 11 is 0. The van der Waals surface area contributed by atoms with Gasteiger partial charge in [-0.2, -0.15) is 0 Å². The SMILES string of the molecule is CCCC(=O)c1ccccc1OC(C(=O)O)c1ccc(OC)c(OC)c1C=CC(=O)C(=O)OC(=O)C1(c2ccccc2F)CCCC1.O=P(O)(O)C=Cc1ccccc1. The lowest BCUT2D eigenvalue weighted by Gasteiger charge is -2.26. The Labute approximate surface area is 340 Å². The number of benzene rings is 4. The van der Waals surface area contributed by atoms with Gasteiger partial charge in [0.15, 0.2) is 17.3 Å². The summed E-state index contributed by atoms with van der Waals surface area (Å²) in [6, 6.07) is 23.8. The maximum Gasteiger partial charge on any atom is 0.386 e. The van der Waals surface area contributed by atoms with Crippen LogP contribution in [-0.2, 0) is 33.9 Å². The zero-order valence-electron chi connectivity index (χ0n) is 32.5. The van der Waals surface area contributed by atoms with Crippen molar-refractivity contribution in [2.24, 2.45) is 0 Å². The summed E-state index contributed by atoms with van der Waals surface area (Å²) in [4.78, 5) is 81.4. The fourth-order valence-electron chi connectivity index (χ4n) is 6.52. The molecule has 15 heteroatoms. The molecule has 0 amide bonds. The lowest BCUT2D eigenvalue weighted by Crippen LogP contribution is -2.38. The Hall–Kier alpha value is -6.21. The minimum atomic E-state index is -4.01. The normalized spacial score (nSPS) is 13.9. The molecule has 1 saturated carbocycles. The van der Waals surface area contributed by atoms with Crippen LogP contribution in [-0.4, -0.2) is 58.6 Å². The number of Topliss-reactive ketones (excluding diaryl/α,β-unsaturated/α-hetero) is 1. The smallest absolute Gasteiger partial charge is 0.386 e. The molecule has 13 nitrogen and oxygen atoms in total. The average molecular weight is 831 g/mol. The Balaban J connectivity index is 0.000000548. The second-order valence-corrected chi connectivity index (χ2v) is 14.7. The summed E-state index contributed by atoms with van der Waals surface area (Å²) in [5, 5.41) is 10.2. The van der Waals surface area contributed by atoms with E-state index < -0.39 is 48.6 Å². The molecule has 0 aromatic heterocycles. The highest BCUT2D eigenvalue weighted by molar-refractivity contribution is 7.55. The Morgan fingerprint density at radius 2 is 1.47 bits per heavy atom. The monoisotopic (exact) mass is 830 g/mol. The quantitative estimate of drug-likeness (QED) is 0.0245. The van der Waals surface area contributed by atoms with Crippen LogP contribution in [0, 0.1) is 5.82 Å². The molecule has 1 aliphatic rings. The van der Waals surface area contributed by atoms with E-state index in [-0.39, 0.29) is 64.5 Å². The Morgan fingerprint density at radius 1 is 0.831 bits per heavy atom. The molecule has 0 heterocycles. The van der Waals surface area contributed by atoms with Gasteiger partial charge in [0.25, 0.3) is 5.78 Å². The zero-order chi connectivity index (χ0) is 43.2. The van der Waals surface area contributed by atoms with Gasteiger partial charge in [0, 0.05) is 28.9 Å². The Morgan fingerprint density at radius 3 is 2.08 bits per heavy atom. The van der Waals surface area contributed by atoms with Crippen LogP contribution in [0.3, 0.4) is 0 Å². The first-order valence-corrected chi connectivity index (χ1v) is 20.1. The highest BCUT2D eigenvalue weighted by atomic mass is 31.2. The Bertz CT molecular complexity index is 2260. The number of para-hydroxylation sites is 1. The number of aliphatic carboxylic acids is 1. The van der Waals surface area contributed by atoms with Crippen molar-refractivity contribution in [2.45, 2.75) is 57.0 Å². The van der Waals surface area contributed by atoms with Crippen molar-refractivity contribution in [3.8, 4) is 17.2 Å². The number of carboxylic acid groups (broad SMARTS) is 1. The van der Waals surface area contributed by atoms with Crippen LogP contribution < -0.4 is 14.2 Å². The number of carboxylic acids is 1. The fraction of sp³-hybridized carbons (Fsp3) is 0.250. The van der Waals surface area contributed by atoms with Crippen LogP contribution in [0.15, 0.2) is 103 Å². The van der Waals surface area contributed by atoms with Gasteiger partial charge >= 0.3 is 25.5 Å². The van der Waals surface area contributed by atoms with E-state index in [0.717, 1.165) is 23.5 Å². The van der Waals surface area contributed by atoms with E-state index >= 15 is 0 Å². The minimum absolute atomic E-state index is 0.00542. The van der Waals surface area contributed by atoms with Gasteiger partial charge in [-0.15, -0.1) is 0 Å². The highest BCUT2D eigenvalue weighted by Crippen LogP contribution is 2.44. The third-order valence-electron chi connectivity index (χ3n) is 9.32. The van der Waals surface area contributed by atoms with Gasteiger partial charge in [-0.1, -0.05) is 86.5 Å². The predicted octanol–water partition coefficient (Wildman–Crippen LogP) is 8.03. The zero-order valence-corrected chi connectivity index (χ0v) is 33.4. The van der Waals surface area contributed by atoms with Crippen molar-refractivity contribution in [2.75, 3.05) is 14.2 Å². The minimum Gasteiger partial charge on any atom is -0.493 e. The topological polar surface area (TPSA) is 200 Å². The van der Waals surface area contributed by atoms with Crippen LogP contribution >= 0.6 is 7.60 Å². The number of carbonyl (C=O) groups is 5. The van der Waals surface area contributed by atoms with Crippen molar-refractivity contribution in [1.29, 1.82) is 0 Å². The number of rotatable bonds is 16. The van der Waals surface area contributed by atoms with E-state index in [1.165, 1.54) is 62.8 Å². The first-order valence-electron chi connectivity index (χ1n) is 18.5. The molecule has 0 saturated heterocycles. The first-order chi connectivity index (χ1) is 28.1. The maximum absolute atomic E-state index is 14.7. The van der Waals surface area contributed by atoms with Gasteiger partial charge in [0.05, 0.1) is 25.2 Å². The molecular formula is C44H44FO13P. The van der Waals surface area contributed by atoms with E-state index in [9.17, 15) is 38.0 Å². The van der Waals surface area contributed by atoms with Crippen molar-refractivity contribution in [3.63, 3.8) is 0 Å². The standard InChI is InChI=1S/C36H35FO10.C8H9O3P/c1-4-11-27(38)24-12-5-8-15-29(24)46-32(33(40)41)23-17-19-30(44-2)31(45-3)22(23)16-18-28(39)34(42)47-35(43)36(20-9-10-21-36)25-13-6-7-14-26(25)37;9-12(10,11)7-6-8-4-2-1-3-5-8/h5-8,12-19,32H,4,9-11,20-21H2,1-3H3,(H,40,41);1-7H,(H2,9,10,11). The molecule has 1 atom stereocenters. The van der Waals surface area contributed by atoms with Gasteiger partial charge in [0.1, 0.15) is 11.6 Å². The van der Waals surface area contributed by atoms with Gasteiger partial charge in [-0.25, -0.2) is 14.0 Å². The number of hydrogen-bond acceptors (Lipinski definition) is 10. The summed E-state index contributed by atoms with van der Waals surface area (Å²) in [6.45, 7) is 1.84. The number of methoxy groups -OCH3 is 2. The van der Waals surface area contributed by atoms with E-state index in [0.29, 0.717) is 19.3 Å². The number of esters is 2. The third kappa shape index (κ3) is 11.9. The van der Waals surface area contributed by atoms with Crippen molar-refractivity contribution >= 4 is 49.2 Å². The number of ketones is 2. The summed E-state index contributed by atoms with van der Waals surface area (Å²) in [5.74, 6) is -4.89. The number of hydrogen-bond donors (Lipinski definition) is 3. The largest absolute Gasteiger partial charge is 0.493 e. The van der Waals surface area contributed by atoms with Crippen molar-refractivity contribution in [1.82, 2.24) is 0 Å². The molecule has 4 aromatic rings. The van der Waals surface area contributed by atoms with Gasteiger partial charge in [-0.05, 0) is 67.3 Å². The molecule has 59 heavy (non-hydrogen) atoms. The number of halogens is 1. The second-order valence-electron chi connectivity index (χ2n) is 13.3. The van der Waals surface area contributed by atoms with Crippen LogP contribution in [0.5, 0.6) is 17.2 Å². The van der Waals surface area contributed by atoms with E-state index in [2.05, 4.69) is 0 Å². The summed E-state index contributed by atoms with van der Waals surface area (Å²) in [7, 11) is -1.36. The van der Waals surface area contributed by atoms with Crippen molar-refractivity contribution < 1.29 is 66.8 Å². The highest BCUT2D eigenvalue weighted by Gasteiger charge is 2.47. The van der Waals surface area contributed by atoms with E-state index in [1.807, 2.05) is 13.0 Å². The third-order valence-corrected chi connectivity index (χ3v) is 9.86. The fourth-order valence-corrected chi connectivity index (χ4v) is 6.89. The van der Waals surface area contributed by atoms with Gasteiger partial charge < -0.3 is 33.8 Å². The molecule has 0 aliphatic heterocycles. The summed E-state index contributed by atoms with van der Waals surface area (Å²) in [6.07, 6.45) is 4.14. The Kier molecular flexibility index (Phi) is 16.2. The molecule has 1 unspecified atom stereocenters. The predicted molar refractivity (Wildman–Crippen MR) is 215 cm³/mol. The van der Waals surface area contributed by atoms with Crippen LogP contribution in [0.4, 0.5) is 4.39 Å². The molecule has 1 fully saturated rings. The first kappa shape index (κ1) is 45.5. The lowest BCUT2D eigenvalue weighted by molar-refractivity contribution is -0.166. The van der Waals surface area contributed by atoms with Gasteiger partial charge in [0.2, 0.25) is 6.10 Å². The molecule has 310 valence electrons.